The Balaban J connectivity index is 2.33. The molecule has 3 aromatic rings. The summed E-state index contributed by atoms with van der Waals surface area (Å²) in [6.07, 6.45) is 3.13. The monoisotopic (exact) mass is 298 g/mol. The molecule has 2 heterocycles. The van der Waals surface area contributed by atoms with Gasteiger partial charge in [0, 0.05) is 17.8 Å². The molecule has 22 heavy (non-hydrogen) atoms. The smallest absolute Gasteiger partial charge is 0.344 e. The number of aromatic carboxylic acids is 1. The molecular weight excluding hydrogens is 287 g/mol. The topological polar surface area (TPSA) is 72.2 Å². The molecule has 0 saturated heterocycles. The minimum absolute atomic E-state index is 0.107. The molecule has 1 N–H and O–H groups in total. The van der Waals surface area contributed by atoms with E-state index in [4.69, 9.17) is 5.11 Å². The van der Waals surface area contributed by atoms with Gasteiger partial charge in [-0.25, -0.2) is 4.79 Å². The molecule has 0 bridgehead atoms. The zero-order chi connectivity index (χ0) is 15.7. The first-order chi connectivity index (χ1) is 10.6. The Hall–Kier alpha value is -3.02. The summed E-state index contributed by atoms with van der Waals surface area (Å²) in [5, 5.41) is 9.31. The highest BCUT2D eigenvalue weighted by Gasteiger charge is 2.22. The molecule has 1 aromatic carbocycles. The third-order valence-corrected chi connectivity index (χ3v) is 3.41. The Labute approximate surface area is 124 Å². The molecule has 5 nitrogen and oxygen atoms in total. The van der Waals surface area contributed by atoms with Crippen LogP contribution in [0.1, 0.15) is 15.9 Å². The van der Waals surface area contributed by atoms with Crippen molar-refractivity contribution in [3.63, 3.8) is 0 Å². The van der Waals surface area contributed by atoms with Gasteiger partial charge >= 0.3 is 5.97 Å². The van der Waals surface area contributed by atoms with Gasteiger partial charge in [-0.15, -0.1) is 0 Å². The van der Waals surface area contributed by atoms with Gasteiger partial charge in [0.15, 0.2) is 5.56 Å². The summed E-state index contributed by atoms with van der Waals surface area (Å²) in [5.74, 6) is -2.62. The summed E-state index contributed by atoms with van der Waals surface area (Å²) >= 11 is 0. The number of fused-ring (bicyclic) bond motifs is 1. The van der Waals surface area contributed by atoms with E-state index in [0.29, 0.717) is 5.52 Å². The van der Waals surface area contributed by atoms with Crippen molar-refractivity contribution in [2.45, 2.75) is 6.54 Å². The number of hydrogen-bond acceptors (Lipinski definition) is 3. The predicted octanol–water partition coefficient (Wildman–Crippen LogP) is 2.28. The van der Waals surface area contributed by atoms with Gasteiger partial charge in [-0.05, 0) is 29.8 Å². The molecule has 6 heteroatoms. The van der Waals surface area contributed by atoms with Crippen molar-refractivity contribution in [2.24, 2.45) is 0 Å². The molecule has 0 spiro atoms. The van der Waals surface area contributed by atoms with Gasteiger partial charge in [-0.1, -0.05) is 12.1 Å². The van der Waals surface area contributed by atoms with Crippen LogP contribution < -0.4 is 5.43 Å². The van der Waals surface area contributed by atoms with Gasteiger partial charge < -0.3 is 9.67 Å². The van der Waals surface area contributed by atoms with Crippen molar-refractivity contribution in [3.05, 3.63) is 76.1 Å². The number of carbonyl (C=O) groups is 1. The molecule has 0 aliphatic carbocycles. The molecule has 110 valence electrons. The van der Waals surface area contributed by atoms with Crippen molar-refractivity contribution in [2.75, 3.05) is 0 Å². The van der Waals surface area contributed by atoms with Crippen LogP contribution in [0, 0.1) is 5.95 Å². The zero-order valence-corrected chi connectivity index (χ0v) is 11.4. The molecular formula is C16H11FN2O3. The van der Waals surface area contributed by atoms with Crippen molar-refractivity contribution >= 4 is 16.9 Å². The van der Waals surface area contributed by atoms with Crippen LogP contribution in [-0.2, 0) is 6.54 Å². The maximum Gasteiger partial charge on any atom is 0.344 e. The first-order valence-corrected chi connectivity index (χ1v) is 6.53. The van der Waals surface area contributed by atoms with Crippen LogP contribution in [0.15, 0.2) is 53.6 Å². The van der Waals surface area contributed by atoms with E-state index in [2.05, 4.69) is 4.98 Å². The molecule has 3 rings (SSSR count). The number of halogens is 1. The molecule has 0 atom stereocenters. The normalized spacial score (nSPS) is 10.8. The van der Waals surface area contributed by atoms with Gasteiger partial charge in [0.25, 0.3) is 0 Å². The number of benzene rings is 1. The van der Waals surface area contributed by atoms with Gasteiger partial charge in [-0.2, -0.15) is 4.39 Å². The molecule has 0 fully saturated rings. The van der Waals surface area contributed by atoms with Crippen LogP contribution in [-0.4, -0.2) is 20.6 Å². The van der Waals surface area contributed by atoms with Gasteiger partial charge in [0.05, 0.1) is 12.1 Å². The standard InChI is InChI=1S/C16H11FN2O3/c17-15-13(16(21)22)14(20)11-3-1-2-4-12(11)19(15)9-10-5-7-18-8-6-10/h1-8H,9H2,(H,21,22). The third kappa shape index (κ3) is 2.24. The van der Waals surface area contributed by atoms with Crippen LogP contribution in [0.3, 0.4) is 0 Å². The molecule has 0 unspecified atom stereocenters. The first-order valence-electron chi connectivity index (χ1n) is 6.53. The average Bonchev–Trinajstić information content (AvgIpc) is 2.52. The fourth-order valence-electron chi connectivity index (χ4n) is 2.38. The Morgan fingerprint density at radius 1 is 1.18 bits per heavy atom. The molecule has 0 radical (unpaired) electrons. The average molecular weight is 298 g/mol. The van der Waals surface area contributed by atoms with Gasteiger partial charge in [0.2, 0.25) is 11.4 Å². The Bertz CT molecular complexity index is 920. The number of hydrogen-bond donors (Lipinski definition) is 1. The minimum atomic E-state index is -1.57. The number of pyridine rings is 2. The second kappa shape index (κ2) is 5.40. The number of carboxylic acids is 1. The highest BCUT2D eigenvalue weighted by Crippen LogP contribution is 2.17. The van der Waals surface area contributed by atoms with Crippen molar-refractivity contribution in [3.8, 4) is 0 Å². The highest BCUT2D eigenvalue weighted by molar-refractivity contribution is 5.92. The fourth-order valence-corrected chi connectivity index (χ4v) is 2.38. The summed E-state index contributed by atoms with van der Waals surface area (Å²) in [7, 11) is 0. The Kier molecular flexibility index (Phi) is 3.42. The largest absolute Gasteiger partial charge is 0.477 e. The summed E-state index contributed by atoms with van der Waals surface area (Å²) in [6.45, 7) is 0.107. The van der Waals surface area contributed by atoms with E-state index >= 15 is 0 Å². The van der Waals surface area contributed by atoms with Crippen LogP contribution in [0.2, 0.25) is 0 Å². The lowest BCUT2D eigenvalue weighted by Gasteiger charge is -2.14. The SMILES string of the molecule is O=C(O)c1c(F)n(Cc2ccncc2)c2ccccc2c1=O. The molecule has 2 aromatic heterocycles. The Morgan fingerprint density at radius 2 is 1.86 bits per heavy atom. The maximum absolute atomic E-state index is 14.6. The van der Waals surface area contributed by atoms with Crippen molar-refractivity contribution in [1.29, 1.82) is 0 Å². The second-order valence-corrected chi connectivity index (χ2v) is 4.76. The number of rotatable bonds is 3. The second-order valence-electron chi connectivity index (χ2n) is 4.76. The summed E-state index contributed by atoms with van der Waals surface area (Å²) in [6, 6.07) is 9.77. The van der Waals surface area contributed by atoms with Gasteiger partial charge in [-0.3, -0.25) is 9.78 Å². The third-order valence-electron chi connectivity index (χ3n) is 3.41. The van der Waals surface area contributed by atoms with E-state index in [0.717, 1.165) is 5.56 Å². The summed E-state index contributed by atoms with van der Waals surface area (Å²) < 4.78 is 15.8. The molecule has 0 aliphatic rings. The number of nitrogens with zero attached hydrogens (tertiary/aromatic N) is 2. The van der Waals surface area contributed by atoms with E-state index in [9.17, 15) is 14.0 Å². The molecule has 0 amide bonds. The maximum atomic E-state index is 14.6. The zero-order valence-electron chi connectivity index (χ0n) is 11.4. The van der Waals surface area contributed by atoms with E-state index in [1.54, 1.807) is 42.7 Å². The lowest BCUT2D eigenvalue weighted by atomic mass is 10.1. The number of carboxylic acid groups (broad SMARTS) is 1. The van der Waals surface area contributed by atoms with E-state index in [1.807, 2.05) is 0 Å². The van der Waals surface area contributed by atoms with Crippen LogP contribution >= 0.6 is 0 Å². The molecule has 0 saturated carbocycles. The van der Waals surface area contributed by atoms with Crippen LogP contribution in [0.5, 0.6) is 0 Å². The van der Waals surface area contributed by atoms with Crippen molar-refractivity contribution in [1.82, 2.24) is 9.55 Å². The fraction of sp³-hybridized carbons (Fsp3) is 0.0625. The van der Waals surface area contributed by atoms with Gasteiger partial charge in [0.1, 0.15) is 0 Å². The number of para-hydroxylation sites is 1. The molecule has 0 aliphatic heterocycles. The quantitative estimate of drug-likeness (QED) is 0.753. The van der Waals surface area contributed by atoms with E-state index < -0.39 is 22.9 Å². The summed E-state index contributed by atoms with van der Waals surface area (Å²) in [5.41, 5.74) is -0.551. The van der Waals surface area contributed by atoms with E-state index in [1.165, 1.54) is 10.6 Å². The minimum Gasteiger partial charge on any atom is -0.477 e. The van der Waals surface area contributed by atoms with Crippen molar-refractivity contribution < 1.29 is 14.3 Å². The number of aromatic nitrogens is 2. The Morgan fingerprint density at radius 3 is 2.55 bits per heavy atom. The van der Waals surface area contributed by atoms with Crippen LogP contribution in [0.4, 0.5) is 4.39 Å². The predicted molar refractivity (Wildman–Crippen MR) is 78.5 cm³/mol. The van der Waals surface area contributed by atoms with Crippen LogP contribution in [0.25, 0.3) is 10.9 Å². The lowest BCUT2D eigenvalue weighted by molar-refractivity contribution is 0.0688. The summed E-state index contributed by atoms with van der Waals surface area (Å²) in [4.78, 5) is 27.3. The lowest BCUT2D eigenvalue weighted by Crippen LogP contribution is -2.23. The highest BCUT2D eigenvalue weighted by atomic mass is 19.1. The van der Waals surface area contributed by atoms with E-state index in [-0.39, 0.29) is 11.9 Å². The first kappa shape index (κ1) is 13.9.